The van der Waals surface area contributed by atoms with Crippen molar-refractivity contribution in [2.45, 2.75) is 81.9 Å². The lowest BCUT2D eigenvalue weighted by atomic mass is 9.49. The maximum atomic E-state index is 6.03. The Morgan fingerprint density at radius 2 is 1.59 bits per heavy atom. The molecule has 0 aliphatic heterocycles. The Labute approximate surface area is 138 Å². The third kappa shape index (κ3) is 2.20. The zero-order valence-corrected chi connectivity index (χ0v) is 14.6. The summed E-state index contributed by atoms with van der Waals surface area (Å²) in [6, 6.07) is 0.720. The molecule has 4 heteroatoms. The summed E-state index contributed by atoms with van der Waals surface area (Å²) in [6.45, 7) is 2.42. The molecular formula is C18H29N3S. The van der Waals surface area contributed by atoms with Crippen LogP contribution in [0, 0.1) is 23.2 Å². The van der Waals surface area contributed by atoms with Crippen molar-refractivity contribution in [3.8, 4) is 0 Å². The summed E-state index contributed by atoms with van der Waals surface area (Å²) in [4.78, 5) is 0. The number of hydrogen-bond donors (Lipinski definition) is 1. The van der Waals surface area contributed by atoms with Crippen LogP contribution in [0.4, 0.5) is 0 Å². The first-order valence-corrected chi connectivity index (χ1v) is 10.1. The second-order valence-electron chi connectivity index (χ2n) is 9.25. The summed E-state index contributed by atoms with van der Waals surface area (Å²) in [7, 11) is 0. The molecule has 0 saturated heterocycles. The van der Waals surface area contributed by atoms with Gasteiger partial charge in [0.2, 0.25) is 0 Å². The van der Waals surface area contributed by atoms with Crippen LogP contribution in [-0.4, -0.2) is 20.9 Å². The van der Waals surface area contributed by atoms with Gasteiger partial charge in [0.05, 0.1) is 0 Å². The average Bonchev–Trinajstić information content (AvgIpc) is 3.33. The van der Waals surface area contributed by atoms with E-state index in [4.69, 9.17) is 5.84 Å². The molecule has 0 aromatic heterocycles. The summed E-state index contributed by atoms with van der Waals surface area (Å²) in [5.41, 5.74) is 0.338. The minimum atomic E-state index is 0.338. The van der Waals surface area contributed by atoms with E-state index in [1.165, 1.54) is 70.0 Å². The van der Waals surface area contributed by atoms with Gasteiger partial charge in [-0.1, -0.05) is 0 Å². The summed E-state index contributed by atoms with van der Waals surface area (Å²) < 4.78 is 3.08. The lowest BCUT2D eigenvalue weighted by molar-refractivity contribution is -0.0163. The Morgan fingerprint density at radius 3 is 2.00 bits per heavy atom. The van der Waals surface area contributed by atoms with Crippen molar-refractivity contribution >= 4 is 17.8 Å². The molecule has 3 nitrogen and oxygen atoms in total. The van der Waals surface area contributed by atoms with Gasteiger partial charge in [-0.2, -0.15) is 5.10 Å². The van der Waals surface area contributed by atoms with E-state index < -0.39 is 0 Å². The van der Waals surface area contributed by atoms with E-state index >= 15 is 0 Å². The molecular weight excluding hydrogens is 290 g/mol. The van der Waals surface area contributed by atoms with E-state index in [1.807, 2.05) is 0 Å². The maximum absolute atomic E-state index is 6.03. The second kappa shape index (κ2) is 4.58. The van der Waals surface area contributed by atoms with Crippen LogP contribution < -0.4 is 5.84 Å². The molecule has 6 saturated carbocycles. The Kier molecular flexibility index (Phi) is 2.92. The van der Waals surface area contributed by atoms with Gasteiger partial charge in [0.25, 0.3) is 0 Å². The van der Waals surface area contributed by atoms with Crippen LogP contribution in [0.2, 0.25) is 0 Å². The highest BCUT2D eigenvalue weighted by Gasteiger charge is 2.57. The number of nitrogens with two attached hydrogens (primary N) is 1. The van der Waals surface area contributed by atoms with Crippen LogP contribution in [-0.2, 0) is 0 Å². The molecule has 6 fully saturated rings. The van der Waals surface area contributed by atoms with Crippen LogP contribution in [0.1, 0.15) is 71.1 Å². The topological polar surface area (TPSA) is 41.6 Å². The lowest BCUT2D eigenvalue weighted by Crippen LogP contribution is -2.54. The summed E-state index contributed by atoms with van der Waals surface area (Å²) in [5.74, 6) is 10.2. The third-order valence-corrected chi connectivity index (χ3v) is 8.51. The molecule has 2 N–H and O–H groups in total. The fourth-order valence-electron chi connectivity index (χ4n) is 5.92. The molecule has 0 heterocycles. The molecule has 6 aliphatic carbocycles. The zero-order chi connectivity index (χ0) is 14.9. The van der Waals surface area contributed by atoms with E-state index in [-0.39, 0.29) is 0 Å². The average molecular weight is 320 g/mol. The first kappa shape index (κ1) is 14.0. The lowest BCUT2D eigenvalue weighted by Gasteiger charge is -2.57. The zero-order valence-electron chi connectivity index (χ0n) is 13.8. The Bertz CT molecular complexity index is 471. The molecule has 0 atom stereocenters. The predicted molar refractivity (Wildman–Crippen MR) is 92.3 cm³/mol. The highest BCUT2D eigenvalue weighted by molar-refractivity contribution is 7.99. The third-order valence-electron chi connectivity index (χ3n) is 6.99. The van der Waals surface area contributed by atoms with Crippen molar-refractivity contribution in [3.05, 3.63) is 0 Å². The van der Waals surface area contributed by atoms with Crippen LogP contribution in [0.25, 0.3) is 0 Å². The second-order valence-corrected chi connectivity index (χ2v) is 10.8. The molecule has 4 bridgehead atoms. The molecule has 0 aromatic rings. The predicted octanol–water partition coefficient (Wildman–Crippen LogP) is 4.14. The quantitative estimate of drug-likeness (QED) is 0.278. The molecule has 0 unspecified atom stereocenters. The Morgan fingerprint density at radius 1 is 1.05 bits per heavy atom. The van der Waals surface area contributed by atoms with Crippen molar-refractivity contribution in [1.82, 2.24) is 4.31 Å². The molecule has 0 radical (unpaired) electrons. The Balaban J connectivity index is 1.45. The minimum Gasteiger partial charge on any atom is -0.322 e. The van der Waals surface area contributed by atoms with Crippen LogP contribution >= 0.6 is 11.9 Å². The number of amidine groups is 1. The Hall–Kier alpha value is -0.380. The van der Waals surface area contributed by atoms with Crippen LogP contribution in [0.3, 0.4) is 0 Å². The van der Waals surface area contributed by atoms with E-state index in [1.54, 1.807) is 0 Å². The van der Waals surface area contributed by atoms with Gasteiger partial charge >= 0.3 is 0 Å². The highest BCUT2D eigenvalue weighted by atomic mass is 32.2. The van der Waals surface area contributed by atoms with Gasteiger partial charge in [0.1, 0.15) is 5.84 Å². The van der Waals surface area contributed by atoms with Crippen LogP contribution in [0.15, 0.2) is 5.10 Å². The minimum absolute atomic E-state index is 0.338. The molecule has 0 spiro atoms. The first-order chi connectivity index (χ1) is 10.6. The van der Waals surface area contributed by atoms with Crippen molar-refractivity contribution in [1.29, 1.82) is 0 Å². The van der Waals surface area contributed by atoms with E-state index in [0.717, 1.165) is 23.8 Å². The number of hydrogen-bond acceptors (Lipinski definition) is 3. The first-order valence-electron chi connectivity index (χ1n) is 9.36. The van der Waals surface area contributed by atoms with Gasteiger partial charge in [-0.3, -0.25) is 4.31 Å². The van der Waals surface area contributed by atoms with Crippen molar-refractivity contribution in [2.75, 3.05) is 0 Å². The fraction of sp³-hybridized carbons (Fsp3) is 0.944. The molecule has 0 aromatic carbocycles. The molecule has 22 heavy (non-hydrogen) atoms. The van der Waals surface area contributed by atoms with Gasteiger partial charge in [0.15, 0.2) is 0 Å². The van der Waals surface area contributed by atoms with Gasteiger partial charge in [-0.25, -0.2) is 0 Å². The highest BCUT2D eigenvalue weighted by Crippen LogP contribution is 2.62. The monoisotopic (exact) mass is 319 g/mol. The fourth-order valence-corrected chi connectivity index (χ4v) is 7.36. The summed E-state index contributed by atoms with van der Waals surface area (Å²) in [5, 5.41) is 4.47. The van der Waals surface area contributed by atoms with Gasteiger partial charge in [0, 0.05) is 16.2 Å². The van der Waals surface area contributed by atoms with Crippen molar-refractivity contribution in [3.63, 3.8) is 0 Å². The summed E-state index contributed by atoms with van der Waals surface area (Å²) >= 11 is 2.09. The van der Waals surface area contributed by atoms with E-state index in [2.05, 4.69) is 28.3 Å². The van der Waals surface area contributed by atoms with Crippen molar-refractivity contribution in [2.24, 2.45) is 34.1 Å². The van der Waals surface area contributed by atoms with Crippen LogP contribution in [0.5, 0.6) is 0 Å². The number of rotatable bonds is 4. The van der Waals surface area contributed by atoms with Gasteiger partial charge in [-0.05, 0) is 101 Å². The van der Waals surface area contributed by atoms with Gasteiger partial charge in [-0.15, -0.1) is 0 Å². The van der Waals surface area contributed by atoms with E-state index in [0.29, 0.717) is 10.2 Å². The maximum Gasteiger partial charge on any atom is 0.140 e. The van der Waals surface area contributed by atoms with E-state index in [9.17, 15) is 0 Å². The van der Waals surface area contributed by atoms with Gasteiger partial charge < -0.3 is 5.84 Å². The number of hydrazone groups is 1. The summed E-state index contributed by atoms with van der Waals surface area (Å²) in [6.07, 6.45) is 14.0. The molecule has 6 rings (SSSR count). The van der Waals surface area contributed by atoms with Crippen molar-refractivity contribution < 1.29 is 0 Å². The smallest absolute Gasteiger partial charge is 0.140 e. The normalized spacial score (nSPS) is 45.1. The molecule has 0 amide bonds. The SMILES string of the molecule is CC1(SN(/C(=N\N)C23CC4CC(CC(C4)C2)C3)C2CC2)CC1. The largest absolute Gasteiger partial charge is 0.322 e. The molecule has 6 aliphatic rings. The standard InChI is InChI=1S/C18H29N3S/c1-17(4-5-17)22-21(15-2-3-15)16(20-19)18-9-12-6-13(10-18)8-14(7-12)11-18/h12-15H,2-11,19H2,1H3/b20-16-. The molecule has 122 valence electrons. The number of nitrogens with zero attached hydrogens (tertiary/aromatic N) is 2.